The van der Waals surface area contributed by atoms with Gasteiger partial charge in [0.15, 0.2) is 0 Å². The summed E-state index contributed by atoms with van der Waals surface area (Å²) in [7, 11) is 0. The largest absolute Gasteiger partial charge is 0.381 e. The molecule has 1 atom stereocenters. The summed E-state index contributed by atoms with van der Waals surface area (Å²) in [6.07, 6.45) is 0.524. The van der Waals surface area contributed by atoms with E-state index in [2.05, 4.69) is 21.2 Å². The zero-order chi connectivity index (χ0) is 15.4. The normalized spacial score (nSPS) is 12.0. The maximum Gasteiger partial charge on any atom is 0.270 e. The minimum atomic E-state index is -0.447. The smallest absolute Gasteiger partial charge is 0.270 e. The highest BCUT2D eigenvalue weighted by atomic mass is 79.9. The number of rotatable bonds is 5. The van der Waals surface area contributed by atoms with Gasteiger partial charge < -0.3 is 5.32 Å². The molecule has 0 heterocycles. The molecule has 0 saturated carbocycles. The van der Waals surface area contributed by atoms with Crippen LogP contribution in [-0.4, -0.2) is 11.0 Å². The molecule has 6 heteroatoms. The van der Waals surface area contributed by atoms with Gasteiger partial charge in [0.1, 0.15) is 5.82 Å². The molecule has 0 aliphatic rings. The number of nitrogens with one attached hydrogen (secondary N) is 1. The molecule has 2 aromatic carbocycles. The molecule has 110 valence electrons. The van der Waals surface area contributed by atoms with Crippen molar-refractivity contribution in [2.75, 3.05) is 5.32 Å². The summed E-state index contributed by atoms with van der Waals surface area (Å²) in [6, 6.07) is 11.1. The third-order valence-corrected chi connectivity index (χ3v) is 3.71. The predicted octanol–water partition coefficient (Wildman–Crippen LogP) is 4.54. The first-order valence-corrected chi connectivity index (χ1v) is 7.20. The topological polar surface area (TPSA) is 55.2 Å². The first-order chi connectivity index (χ1) is 9.97. The third kappa shape index (κ3) is 4.01. The van der Waals surface area contributed by atoms with Crippen LogP contribution in [0.25, 0.3) is 0 Å². The van der Waals surface area contributed by atoms with Crippen molar-refractivity contribution < 1.29 is 9.31 Å². The summed E-state index contributed by atoms with van der Waals surface area (Å²) in [5, 5.41) is 13.9. The Morgan fingerprint density at radius 2 is 2.05 bits per heavy atom. The van der Waals surface area contributed by atoms with E-state index in [0.29, 0.717) is 16.5 Å². The zero-order valence-corrected chi connectivity index (χ0v) is 12.9. The summed E-state index contributed by atoms with van der Waals surface area (Å²) >= 11 is 3.30. The van der Waals surface area contributed by atoms with Crippen molar-refractivity contribution in [3.63, 3.8) is 0 Å². The standard InChI is InChI=1S/C15H14BrFN2O2/c1-10(8-11-4-2-3-5-14(11)17)18-15-7-6-12(19(20)21)9-13(15)16/h2-7,9-10,18H,8H2,1H3. The Labute approximate surface area is 130 Å². The van der Waals surface area contributed by atoms with Crippen molar-refractivity contribution in [3.8, 4) is 0 Å². The quantitative estimate of drug-likeness (QED) is 0.634. The number of halogens is 2. The molecular formula is C15H14BrFN2O2. The molecule has 2 aromatic rings. The van der Waals surface area contributed by atoms with Crippen LogP contribution >= 0.6 is 15.9 Å². The van der Waals surface area contributed by atoms with Crippen LogP contribution in [-0.2, 0) is 6.42 Å². The fraction of sp³-hybridized carbons (Fsp3) is 0.200. The minimum absolute atomic E-state index is 0.0142. The Morgan fingerprint density at radius 3 is 2.67 bits per heavy atom. The molecular weight excluding hydrogens is 339 g/mol. The molecule has 0 amide bonds. The van der Waals surface area contributed by atoms with E-state index in [9.17, 15) is 14.5 Å². The molecule has 0 fully saturated rings. The molecule has 0 radical (unpaired) electrons. The molecule has 0 aromatic heterocycles. The van der Waals surface area contributed by atoms with Gasteiger partial charge in [-0.15, -0.1) is 0 Å². The van der Waals surface area contributed by atoms with Crippen LogP contribution in [0.3, 0.4) is 0 Å². The van der Waals surface area contributed by atoms with Crippen molar-refractivity contribution in [3.05, 3.63) is 68.4 Å². The average molecular weight is 353 g/mol. The van der Waals surface area contributed by atoms with Gasteiger partial charge in [-0.25, -0.2) is 4.39 Å². The zero-order valence-electron chi connectivity index (χ0n) is 11.3. The Hall–Kier alpha value is -1.95. The van der Waals surface area contributed by atoms with E-state index in [1.807, 2.05) is 6.92 Å². The van der Waals surface area contributed by atoms with E-state index in [4.69, 9.17) is 0 Å². The number of hydrogen-bond acceptors (Lipinski definition) is 3. The monoisotopic (exact) mass is 352 g/mol. The number of non-ortho nitro benzene ring substituents is 1. The number of nitro benzene ring substituents is 1. The molecule has 2 rings (SSSR count). The number of anilines is 1. The number of nitro groups is 1. The van der Waals surface area contributed by atoms with Crippen LogP contribution in [0.5, 0.6) is 0 Å². The summed E-state index contributed by atoms with van der Waals surface area (Å²) in [6.45, 7) is 1.93. The highest BCUT2D eigenvalue weighted by Crippen LogP contribution is 2.28. The van der Waals surface area contributed by atoms with Crippen LogP contribution in [0.1, 0.15) is 12.5 Å². The van der Waals surface area contributed by atoms with Gasteiger partial charge in [-0.1, -0.05) is 18.2 Å². The molecule has 1 N–H and O–H groups in total. The first-order valence-electron chi connectivity index (χ1n) is 6.41. The highest BCUT2D eigenvalue weighted by molar-refractivity contribution is 9.10. The van der Waals surface area contributed by atoms with Gasteiger partial charge in [0.05, 0.1) is 4.92 Å². The van der Waals surface area contributed by atoms with E-state index in [-0.39, 0.29) is 17.5 Å². The van der Waals surface area contributed by atoms with Gasteiger partial charge in [0.25, 0.3) is 5.69 Å². The maximum absolute atomic E-state index is 13.6. The van der Waals surface area contributed by atoms with Gasteiger partial charge in [0, 0.05) is 28.3 Å². The van der Waals surface area contributed by atoms with Crippen LogP contribution in [0.4, 0.5) is 15.8 Å². The van der Waals surface area contributed by atoms with E-state index in [1.54, 1.807) is 24.3 Å². The van der Waals surface area contributed by atoms with Crippen LogP contribution < -0.4 is 5.32 Å². The van der Waals surface area contributed by atoms with E-state index in [1.165, 1.54) is 18.2 Å². The van der Waals surface area contributed by atoms with Gasteiger partial charge in [-0.05, 0) is 47.0 Å². The van der Waals surface area contributed by atoms with E-state index < -0.39 is 4.92 Å². The van der Waals surface area contributed by atoms with Crippen molar-refractivity contribution in [2.45, 2.75) is 19.4 Å². The van der Waals surface area contributed by atoms with Crippen molar-refractivity contribution in [1.29, 1.82) is 0 Å². The number of benzene rings is 2. The second kappa shape index (κ2) is 6.67. The lowest BCUT2D eigenvalue weighted by Gasteiger charge is -2.16. The van der Waals surface area contributed by atoms with Gasteiger partial charge >= 0.3 is 0 Å². The molecule has 1 unspecified atom stereocenters. The SMILES string of the molecule is CC(Cc1ccccc1F)Nc1ccc([N+](=O)[O-])cc1Br. The lowest BCUT2D eigenvalue weighted by molar-refractivity contribution is -0.384. The lowest BCUT2D eigenvalue weighted by Crippen LogP contribution is -2.19. The van der Waals surface area contributed by atoms with Crippen LogP contribution in [0, 0.1) is 15.9 Å². The van der Waals surface area contributed by atoms with E-state index in [0.717, 1.165) is 5.69 Å². The fourth-order valence-corrected chi connectivity index (χ4v) is 2.53. The van der Waals surface area contributed by atoms with Crippen molar-refractivity contribution in [1.82, 2.24) is 0 Å². The van der Waals surface area contributed by atoms with Crippen LogP contribution in [0.15, 0.2) is 46.9 Å². The Bertz CT molecular complexity index is 664. The van der Waals surface area contributed by atoms with E-state index >= 15 is 0 Å². The molecule has 0 bridgehead atoms. The van der Waals surface area contributed by atoms with Crippen molar-refractivity contribution in [2.24, 2.45) is 0 Å². The average Bonchev–Trinajstić information content (AvgIpc) is 2.43. The van der Waals surface area contributed by atoms with Gasteiger partial charge in [0.2, 0.25) is 0 Å². The summed E-state index contributed by atoms with van der Waals surface area (Å²) in [5.41, 5.74) is 1.40. The predicted molar refractivity (Wildman–Crippen MR) is 84.0 cm³/mol. The lowest BCUT2D eigenvalue weighted by atomic mass is 10.1. The van der Waals surface area contributed by atoms with Crippen molar-refractivity contribution >= 4 is 27.3 Å². The van der Waals surface area contributed by atoms with Gasteiger partial charge in [-0.2, -0.15) is 0 Å². The second-order valence-electron chi connectivity index (χ2n) is 4.76. The Kier molecular flexibility index (Phi) is 4.90. The second-order valence-corrected chi connectivity index (χ2v) is 5.62. The molecule has 0 aliphatic heterocycles. The minimum Gasteiger partial charge on any atom is -0.381 e. The highest BCUT2D eigenvalue weighted by Gasteiger charge is 2.12. The van der Waals surface area contributed by atoms with Crippen LogP contribution in [0.2, 0.25) is 0 Å². The fourth-order valence-electron chi connectivity index (χ4n) is 2.04. The molecule has 21 heavy (non-hydrogen) atoms. The molecule has 0 spiro atoms. The maximum atomic E-state index is 13.6. The van der Waals surface area contributed by atoms with Gasteiger partial charge in [-0.3, -0.25) is 10.1 Å². The Morgan fingerprint density at radius 1 is 1.33 bits per heavy atom. The number of hydrogen-bond donors (Lipinski definition) is 1. The Balaban J connectivity index is 2.08. The molecule has 4 nitrogen and oxygen atoms in total. The summed E-state index contributed by atoms with van der Waals surface area (Å²) in [4.78, 5) is 10.2. The first kappa shape index (κ1) is 15.4. The summed E-state index contributed by atoms with van der Waals surface area (Å²) < 4.78 is 14.2. The number of nitrogens with zero attached hydrogens (tertiary/aromatic N) is 1. The molecule has 0 saturated heterocycles. The third-order valence-electron chi connectivity index (χ3n) is 3.05. The summed E-state index contributed by atoms with van der Waals surface area (Å²) in [5.74, 6) is -0.228. The molecule has 0 aliphatic carbocycles.